The molecule has 0 atom stereocenters. The zero-order valence-corrected chi connectivity index (χ0v) is 8.06. The molecule has 0 aliphatic rings. The first-order valence-corrected chi connectivity index (χ1v) is 4.40. The normalized spacial score (nSPS) is 10.3. The number of hydrogen-bond donors (Lipinski definition) is 3. The summed E-state index contributed by atoms with van der Waals surface area (Å²) in [4.78, 5) is 24.2. The zero-order chi connectivity index (χ0) is 11.7. The summed E-state index contributed by atoms with van der Waals surface area (Å²) >= 11 is 0. The van der Waals surface area contributed by atoms with Gasteiger partial charge >= 0.3 is 0 Å². The standard InChI is InChI=1S/C9H8N4O3/c10-12-9(14)5-1-2-7-6(3-5)8(4-11-7)13(15)16/h1-4,11H,10H2,(H,12,14). The van der Waals surface area contributed by atoms with Crippen molar-refractivity contribution in [1.29, 1.82) is 0 Å². The molecule has 4 N–H and O–H groups in total. The molecule has 0 radical (unpaired) electrons. The second-order valence-corrected chi connectivity index (χ2v) is 3.16. The largest absolute Gasteiger partial charge is 0.355 e. The number of nitrogens with zero attached hydrogens (tertiary/aromatic N) is 1. The molecule has 0 bridgehead atoms. The van der Waals surface area contributed by atoms with E-state index in [1.807, 2.05) is 5.43 Å². The minimum atomic E-state index is -0.511. The zero-order valence-electron chi connectivity index (χ0n) is 8.06. The van der Waals surface area contributed by atoms with Crippen molar-refractivity contribution >= 4 is 22.5 Å². The summed E-state index contributed by atoms with van der Waals surface area (Å²) in [6, 6.07) is 4.55. The number of carbonyl (C=O) groups is 1. The van der Waals surface area contributed by atoms with Gasteiger partial charge in [0.1, 0.15) is 0 Å². The van der Waals surface area contributed by atoms with Crippen LogP contribution >= 0.6 is 0 Å². The van der Waals surface area contributed by atoms with Crippen LogP contribution in [-0.2, 0) is 0 Å². The van der Waals surface area contributed by atoms with Crippen LogP contribution in [0.4, 0.5) is 5.69 Å². The van der Waals surface area contributed by atoms with E-state index in [9.17, 15) is 14.9 Å². The van der Waals surface area contributed by atoms with E-state index in [-0.39, 0.29) is 11.3 Å². The first kappa shape index (κ1) is 10.1. The van der Waals surface area contributed by atoms with E-state index >= 15 is 0 Å². The van der Waals surface area contributed by atoms with Crippen LogP contribution in [0.25, 0.3) is 10.9 Å². The Balaban J connectivity index is 2.63. The van der Waals surface area contributed by atoms with Gasteiger partial charge in [-0.25, -0.2) is 5.84 Å². The van der Waals surface area contributed by atoms with Crippen LogP contribution in [0.15, 0.2) is 24.4 Å². The third kappa shape index (κ3) is 1.48. The Kier molecular flexibility index (Phi) is 2.29. The number of hydrazine groups is 1. The number of nitrogens with one attached hydrogen (secondary N) is 2. The lowest BCUT2D eigenvalue weighted by molar-refractivity contribution is -0.383. The number of carbonyl (C=O) groups excluding carboxylic acids is 1. The predicted octanol–water partition coefficient (Wildman–Crippen LogP) is 0.680. The van der Waals surface area contributed by atoms with Crippen LogP contribution in [-0.4, -0.2) is 15.8 Å². The second kappa shape index (κ2) is 3.63. The number of rotatable bonds is 2. The van der Waals surface area contributed by atoms with Crippen molar-refractivity contribution in [3.8, 4) is 0 Å². The fraction of sp³-hybridized carbons (Fsp3) is 0. The van der Waals surface area contributed by atoms with Crippen molar-refractivity contribution in [1.82, 2.24) is 10.4 Å². The van der Waals surface area contributed by atoms with E-state index in [0.29, 0.717) is 10.9 Å². The molecule has 1 aromatic carbocycles. The van der Waals surface area contributed by atoms with Gasteiger partial charge in [0.15, 0.2) is 0 Å². The summed E-state index contributed by atoms with van der Waals surface area (Å²) in [7, 11) is 0. The molecule has 0 aliphatic carbocycles. The Morgan fingerprint density at radius 2 is 2.25 bits per heavy atom. The van der Waals surface area contributed by atoms with Crippen molar-refractivity contribution in [2.45, 2.75) is 0 Å². The fourth-order valence-electron chi connectivity index (χ4n) is 1.48. The van der Waals surface area contributed by atoms with E-state index in [2.05, 4.69) is 4.98 Å². The van der Waals surface area contributed by atoms with Gasteiger partial charge in [-0.3, -0.25) is 20.3 Å². The topological polar surface area (TPSA) is 114 Å². The molecule has 2 aromatic rings. The van der Waals surface area contributed by atoms with E-state index in [1.165, 1.54) is 18.3 Å². The monoisotopic (exact) mass is 220 g/mol. The molecular formula is C9H8N4O3. The van der Waals surface area contributed by atoms with Crippen LogP contribution in [0.2, 0.25) is 0 Å². The molecule has 0 saturated heterocycles. The highest BCUT2D eigenvalue weighted by Crippen LogP contribution is 2.25. The smallest absolute Gasteiger partial charge is 0.294 e. The van der Waals surface area contributed by atoms with E-state index in [0.717, 1.165) is 0 Å². The molecule has 0 spiro atoms. The van der Waals surface area contributed by atoms with Crippen LogP contribution in [0.3, 0.4) is 0 Å². The van der Waals surface area contributed by atoms with Gasteiger partial charge in [-0.05, 0) is 18.2 Å². The Hall–Kier alpha value is -2.41. The minimum absolute atomic E-state index is 0.0679. The average molecular weight is 220 g/mol. The fourth-order valence-corrected chi connectivity index (χ4v) is 1.48. The van der Waals surface area contributed by atoms with Crippen LogP contribution in [0, 0.1) is 10.1 Å². The number of nitro groups is 1. The van der Waals surface area contributed by atoms with Gasteiger partial charge in [-0.2, -0.15) is 0 Å². The molecule has 1 aromatic heterocycles. The maximum absolute atomic E-state index is 11.2. The molecule has 7 nitrogen and oxygen atoms in total. The van der Waals surface area contributed by atoms with Crippen molar-refractivity contribution in [3.63, 3.8) is 0 Å². The Morgan fingerprint density at radius 3 is 2.88 bits per heavy atom. The summed E-state index contributed by atoms with van der Waals surface area (Å²) in [5.41, 5.74) is 2.77. The summed E-state index contributed by atoms with van der Waals surface area (Å²) in [5, 5.41) is 11.1. The Morgan fingerprint density at radius 1 is 1.50 bits per heavy atom. The third-order valence-corrected chi connectivity index (χ3v) is 2.25. The number of nitrogen functional groups attached to an aromatic ring is 1. The molecule has 82 valence electrons. The number of aromatic amines is 1. The number of fused-ring (bicyclic) bond motifs is 1. The first-order valence-electron chi connectivity index (χ1n) is 4.40. The van der Waals surface area contributed by atoms with Gasteiger partial charge in [0.2, 0.25) is 0 Å². The highest BCUT2D eigenvalue weighted by Gasteiger charge is 2.15. The van der Waals surface area contributed by atoms with Gasteiger partial charge in [0, 0.05) is 5.56 Å². The summed E-state index contributed by atoms with van der Waals surface area (Å²) in [6.07, 6.45) is 1.29. The number of aromatic nitrogens is 1. The maximum atomic E-state index is 11.2. The van der Waals surface area contributed by atoms with Crippen LogP contribution < -0.4 is 11.3 Å². The van der Waals surface area contributed by atoms with Crippen molar-refractivity contribution in [3.05, 3.63) is 40.1 Å². The molecule has 1 heterocycles. The second-order valence-electron chi connectivity index (χ2n) is 3.16. The van der Waals surface area contributed by atoms with E-state index in [1.54, 1.807) is 6.07 Å². The number of nitrogens with two attached hydrogens (primary N) is 1. The van der Waals surface area contributed by atoms with Gasteiger partial charge in [-0.15, -0.1) is 0 Å². The van der Waals surface area contributed by atoms with Crippen LogP contribution in [0.1, 0.15) is 10.4 Å². The Bertz CT molecular complexity index is 575. The molecule has 0 unspecified atom stereocenters. The molecule has 0 saturated carbocycles. The molecule has 16 heavy (non-hydrogen) atoms. The Labute approximate surface area is 89.4 Å². The molecule has 0 aliphatic heterocycles. The molecule has 1 amide bonds. The van der Waals surface area contributed by atoms with Crippen molar-refractivity contribution in [2.24, 2.45) is 5.84 Å². The lowest BCUT2D eigenvalue weighted by atomic mass is 10.1. The predicted molar refractivity (Wildman–Crippen MR) is 56.6 cm³/mol. The number of amides is 1. The maximum Gasteiger partial charge on any atom is 0.294 e. The number of H-pyrrole nitrogens is 1. The molecule has 0 fully saturated rings. The van der Waals surface area contributed by atoms with Crippen molar-refractivity contribution < 1.29 is 9.72 Å². The van der Waals surface area contributed by atoms with E-state index in [4.69, 9.17) is 5.84 Å². The lowest BCUT2D eigenvalue weighted by Gasteiger charge is -1.98. The summed E-state index contributed by atoms with van der Waals surface area (Å²) in [6.45, 7) is 0. The first-order chi connectivity index (χ1) is 7.63. The summed E-state index contributed by atoms with van der Waals surface area (Å²) in [5.74, 6) is 4.49. The molecular weight excluding hydrogens is 212 g/mol. The average Bonchev–Trinajstić information content (AvgIpc) is 2.70. The van der Waals surface area contributed by atoms with Gasteiger partial charge in [0.25, 0.3) is 11.6 Å². The van der Waals surface area contributed by atoms with Crippen molar-refractivity contribution in [2.75, 3.05) is 0 Å². The quantitative estimate of drug-likeness (QED) is 0.299. The SMILES string of the molecule is NNC(=O)c1ccc2[nH]cc([N+](=O)[O-])c2c1. The highest BCUT2D eigenvalue weighted by atomic mass is 16.6. The number of benzene rings is 1. The summed E-state index contributed by atoms with van der Waals surface area (Å²) < 4.78 is 0. The number of hydrogen-bond acceptors (Lipinski definition) is 4. The highest BCUT2D eigenvalue weighted by molar-refractivity contribution is 6.00. The lowest BCUT2D eigenvalue weighted by Crippen LogP contribution is -2.29. The van der Waals surface area contributed by atoms with Gasteiger partial charge < -0.3 is 4.98 Å². The molecule has 7 heteroatoms. The third-order valence-electron chi connectivity index (χ3n) is 2.25. The van der Waals surface area contributed by atoms with Gasteiger partial charge in [0.05, 0.1) is 22.0 Å². The molecule has 2 rings (SSSR count). The van der Waals surface area contributed by atoms with E-state index < -0.39 is 10.8 Å². The van der Waals surface area contributed by atoms with Gasteiger partial charge in [-0.1, -0.05) is 0 Å². The minimum Gasteiger partial charge on any atom is -0.355 e. The van der Waals surface area contributed by atoms with Crippen LogP contribution in [0.5, 0.6) is 0 Å².